The number of benzene rings is 2. The number of nitrogens with zero attached hydrogens (tertiary/aromatic N) is 3. The van der Waals surface area contributed by atoms with E-state index in [1.165, 1.54) is 17.0 Å². The van der Waals surface area contributed by atoms with Gasteiger partial charge in [-0.25, -0.2) is 0 Å². The number of allylic oxidation sites excluding steroid dienone is 1. The minimum absolute atomic E-state index is 0.0146. The molecule has 0 aliphatic carbocycles. The Morgan fingerprint density at radius 2 is 1.54 bits per heavy atom. The number of imide groups is 1. The second-order valence-corrected chi connectivity index (χ2v) is 13.5. The maximum atomic E-state index is 13.0. The Kier molecular flexibility index (Phi) is 12.8. The number of hydrogen-bond donors (Lipinski definition) is 6. The fraction of sp³-hybridized carbons (Fsp3) is 0.447. The number of amides is 5. The van der Waals surface area contributed by atoms with Gasteiger partial charge in [0.1, 0.15) is 17.6 Å². The molecule has 276 valence electrons. The van der Waals surface area contributed by atoms with Crippen LogP contribution in [0.5, 0.6) is 5.75 Å². The first-order valence-electron chi connectivity index (χ1n) is 18.1. The van der Waals surface area contributed by atoms with Gasteiger partial charge in [0.2, 0.25) is 23.6 Å². The van der Waals surface area contributed by atoms with E-state index in [1.807, 2.05) is 9.80 Å². The zero-order chi connectivity index (χ0) is 37.2. The summed E-state index contributed by atoms with van der Waals surface area (Å²) in [7, 11) is 0. The topological polar surface area (TPSA) is 213 Å². The number of phenols is 1. The molecule has 0 saturated carbocycles. The molecule has 14 nitrogen and oxygen atoms in total. The van der Waals surface area contributed by atoms with Crippen molar-refractivity contribution in [3.63, 3.8) is 0 Å². The molecule has 1 atom stereocenters. The maximum Gasteiger partial charge on any atom is 0.255 e. The molecule has 0 aromatic heterocycles. The van der Waals surface area contributed by atoms with Crippen LogP contribution in [0.15, 0.2) is 54.2 Å². The number of nitrogens with two attached hydrogens (primary N) is 1. The van der Waals surface area contributed by atoms with Crippen molar-refractivity contribution in [2.45, 2.75) is 83.2 Å². The van der Waals surface area contributed by atoms with E-state index in [0.717, 1.165) is 44.9 Å². The molecule has 2 fully saturated rings. The van der Waals surface area contributed by atoms with Gasteiger partial charge in [-0.2, -0.15) is 0 Å². The Labute approximate surface area is 303 Å². The monoisotopic (exact) mass is 712 g/mol. The average Bonchev–Trinajstić information content (AvgIpc) is 3.46. The number of fused-ring (bicyclic) bond motifs is 1. The Hall–Kier alpha value is -5.53. The van der Waals surface area contributed by atoms with Crippen LogP contribution in [-0.4, -0.2) is 93.1 Å². The number of piperidine rings is 1. The van der Waals surface area contributed by atoms with Crippen molar-refractivity contribution in [3.8, 4) is 5.75 Å². The van der Waals surface area contributed by atoms with Gasteiger partial charge in [0, 0.05) is 74.4 Å². The Balaban J connectivity index is 0.937. The van der Waals surface area contributed by atoms with Crippen LogP contribution in [0.1, 0.15) is 92.1 Å². The molecule has 2 aromatic rings. The summed E-state index contributed by atoms with van der Waals surface area (Å²) in [6, 6.07) is 11.0. The number of carbonyl (C=O) groups excluding carboxylic acids is 5. The molecule has 2 saturated heterocycles. The normalized spacial score (nSPS) is 17.5. The van der Waals surface area contributed by atoms with Gasteiger partial charge >= 0.3 is 0 Å². The summed E-state index contributed by atoms with van der Waals surface area (Å²) in [6.07, 6.45) is 9.23. The van der Waals surface area contributed by atoms with Crippen molar-refractivity contribution in [2.24, 2.45) is 5.73 Å². The van der Waals surface area contributed by atoms with Crippen molar-refractivity contribution in [1.29, 1.82) is 10.8 Å². The summed E-state index contributed by atoms with van der Waals surface area (Å²) in [6.45, 7) is 2.22. The summed E-state index contributed by atoms with van der Waals surface area (Å²) < 4.78 is 0. The standard InChI is InChI=1S/C38H48N8O6/c39-28(26-11-8-9-14-32(26)47)23-31(36(40)41)44-19-21-45(22-20-44)35(50)16-7-5-3-1-2-4-6-15-33(48)42-29-13-10-12-25-27(29)24-46(38(25)52)30-17-18-34(49)43-37(30)51/h8-14,23,30,39,47H,1-7,15-22,24H2,(H3,40,41)(H,42,48)(H,43,49,51)/b31-23+,39-28?. The third-order valence-corrected chi connectivity index (χ3v) is 9.87. The first kappa shape index (κ1) is 37.7. The van der Waals surface area contributed by atoms with Gasteiger partial charge in [-0.3, -0.25) is 34.7 Å². The molecule has 52 heavy (non-hydrogen) atoms. The third-order valence-electron chi connectivity index (χ3n) is 9.87. The molecular weight excluding hydrogens is 664 g/mol. The van der Waals surface area contributed by atoms with Crippen molar-refractivity contribution in [3.05, 3.63) is 70.9 Å². The van der Waals surface area contributed by atoms with E-state index >= 15 is 0 Å². The summed E-state index contributed by atoms with van der Waals surface area (Å²) in [4.78, 5) is 67.7. The van der Waals surface area contributed by atoms with Gasteiger partial charge in [0.05, 0.1) is 11.4 Å². The number of hydrogen-bond acceptors (Lipinski definition) is 9. The number of para-hydroxylation sites is 1. The van der Waals surface area contributed by atoms with E-state index in [0.29, 0.717) is 67.1 Å². The highest BCUT2D eigenvalue weighted by Crippen LogP contribution is 2.32. The second kappa shape index (κ2) is 17.6. The van der Waals surface area contributed by atoms with E-state index in [-0.39, 0.29) is 60.3 Å². The van der Waals surface area contributed by atoms with Crippen molar-refractivity contribution in [2.75, 3.05) is 31.5 Å². The fourth-order valence-corrected chi connectivity index (χ4v) is 6.97. The van der Waals surface area contributed by atoms with Gasteiger partial charge < -0.3 is 36.3 Å². The molecule has 0 radical (unpaired) electrons. The molecule has 5 rings (SSSR count). The number of anilines is 1. The van der Waals surface area contributed by atoms with Crippen LogP contribution in [0, 0.1) is 10.8 Å². The van der Waals surface area contributed by atoms with E-state index in [2.05, 4.69) is 10.6 Å². The predicted molar refractivity (Wildman–Crippen MR) is 196 cm³/mol. The second-order valence-electron chi connectivity index (χ2n) is 13.5. The number of rotatable bonds is 16. The summed E-state index contributed by atoms with van der Waals surface area (Å²) in [5.74, 6) is -1.28. The first-order chi connectivity index (χ1) is 25.0. The lowest BCUT2D eigenvalue weighted by Crippen LogP contribution is -2.52. The molecule has 14 heteroatoms. The van der Waals surface area contributed by atoms with Crippen molar-refractivity contribution < 1.29 is 29.1 Å². The zero-order valence-corrected chi connectivity index (χ0v) is 29.4. The zero-order valence-electron chi connectivity index (χ0n) is 29.4. The number of phenolic OH excluding ortho intramolecular Hbond substituents is 1. The number of carbonyl (C=O) groups is 5. The lowest BCUT2D eigenvalue weighted by molar-refractivity contribution is -0.137. The van der Waals surface area contributed by atoms with Gasteiger partial charge in [-0.15, -0.1) is 0 Å². The molecule has 5 amide bonds. The highest BCUT2D eigenvalue weighted by molar-refractivity contribution is 6.12. The molecular formula is C38H48N8O6. The summed E-state index contributed by atoms with van der Waals surface area (Å²) in [5.41, 5.74) is 8.37. The maximum absolute atomic E-state index is 13.0. The van der Waals surface area contributed by atoms with E-state index in [1.54, 1.807) is 36.4 Å². The van der Waals surface area contributed by atoms with Crippen molar-refractivity contribution in [1.82, 2.24) is 20.0 Å². The molecule has 7 N–H and O–H groups in total. The molecule has 0 spiro atoms. The van der Waals surface area contributed by atoms with E-state index < -0.39 is 11.9 Å². The number of aromatic hydroxyl groups is 1. The number of nitrogens with one attached hydrogen (secondary N) is 4. The fourth-order valence-electron chi connectivity index (χ4n) is 6.97. The van der Waals surface area contributed by atoms with Crippen LogP contribution in [-0.2, 0) is 25.7 Å². The molecule has 1 unspecified atom stereocenters. The Morgan fingerprint density at radius 1 is 0.885 bits per heavy atom. The average molecular weight is 713 g/mol. The largest absolute Gasteiger partial charge is 0.507 e. The van der Waals surface area contributed by atoms with E-state index in [9.17, 15) is 29.1 Å². The Morgan fingerprint density at radius 3 is 2.21 bits per heavy atom. The minimum atomic E-state index is -0.707. The predicted octanol–water partition coefficient (Wildman–Crippen LogP) is 3.63. The summed E-state index contributed by atoms with van der Waals surface area (Å²) in [5, 5.41) is 31.7. The number of piperazine rings is 1. The smallest absolute Gasteiger partial charge is 0.255 e. The highest BCUT2D eigenvalue weighted by Gasteiger charge is 2.40. The molecule has 3 aliphatic rings. The molecule has 3 heterocycles. The van der Waals surface area contributed by atoms with Crippen molar-refractivity contribution >= 4 is 46.8 Å². The van der Waals surface area contributed by atoms with Gasteiger partial charge in [-0.05, 0) is 49.6 Å². The van der Waals surface area contributed by atoms with Gasteiger partial charge in [0.15, 0.2) is 0 Å². The molecule has 0 bridgehead atoms. The summed E-state index contributed by atoms with van der Waals surface area (Å²) >= 11 is 0. The van der Waals surface area contributed by atoms with Crippen LogP contribution in [0.25, 0.3) is 0 Å². The van der Waals surface area contributed by atoms with Gasteiger partial charge in [-0.1, -0.05) is 50.3 Å². The highest BCUT2D eigenvalue weighted by atomic mass is 16.3. The minimum Gasteiger partial charge on any atom is -0.507 e. The lowest BCUT2D eigenvalue weighted by atomic mass is 10.0. The van der Waals surface area contributed by atoms with E-state index in [4.69, 9.17) is 16.6 Å². The Bertz CT molecular complexity index is 1750. The number of unbranched alkanes of at least 4 members (excludes halogenated alkanes) is 6. The molecule has 2 aromatic carbocycles. The van der Waals surface area contributed by atoms with Crippen LogP contribution < -0.4 is 16.4 Å². The van der Waals surface area contributed by atoms with Crippen LogP contribution >= 0.6 is 0 Å². The third kappa shape index (κ3) is 9.42. The van der Waals surface area contributed by atoms with Crippen LogP contribution in [0.3, 0.4) is 0 Å². The lowest BCUT2D eigenvalue weighted by Gasteiger charge is -2.37. The van der Waals surface area contributed by atoms with Crippen LogP contribution in [0.4, 0.5) is 5.69 Å². The quantitative estimate of drug-likeness (QED) is 0.0653. The first-order valence-corrected chi connectivity index (χ1v) is 18.1. The molecule has 3 aliphatic heterocycles. The number of amidine groups is 1. The SMILES string of the molecule is N=C(N)/C(=C\C(=N)c1ccccc1O)N1CCN(C(=O)CCCCCCCCCC(=O)Nc2cccc3c2CN(C2CCC(=O)NC2=O)C3=O)CC1. The van der Waals surface area contributed by atoms with Crippen LogP contribution in [0.2, 0.25) is 0 Å². The van der Waals surface area contributed by atoms with Gasteiger partial charge in [0.25, 0.3) is 5.91 Å².